The minimum absolute atomic E-state index is 0.0350. The summed E-state index contributed by atoms with van der Waals surface area (Å²) in [5.74, 6) is 0. The van der Waals surface area contributed by atoms with Crippen LogP contribution in [0.25, 0.3) is 0 Å². The molecule has 2 N–H and O–H groups in total. The fourth-order valence-corrected chi connectivity index (χ4v) is 1.97. The Kier molecular flexibility index (Phi) is 5.16. The van der Waals surface area contributed by atoms with Gasteiger partial charge in [0, 0.05) is 12.6 Å². The van der Waals surface area contributed by atoms with Crippen molar-refractivity contribution in [3.63, 3.8) is 0 Å². The van der Waals surface area contributed by atoms with Crippen LogP contribution in [-0.4, -0.2) is 25.0 Å². The summed E-state index contributed by atoms with van der Waals surface area (Å²) in [6, 6.07) is 5.20. The maximum atomic E-state index is 12.4. The first-order valence-electron chi connectivity index (χ1n) is 5.97. The van der Waals surface area contributed by atoms with Crippen molar-refractivity contribution in [2.24, 2.45) is 5.73 Å². The molecule has 102 valence electrons. The van der Waals surface area contributed by atoms with Crippen molar-refractivity contribution < 1.29 is 13.2 Å². The number of hydrogen-bond acceptors (Lipinski definition) is 2. The van der Waals surface area contributed by atoms with Gasteiger partial charge in [-0.2, -0.15) is 13.2 Å². The maximum Gasteiger partial charge on any atom is 0.416 e. The highest BCUT2D eigenvalue weighted by Gasteiger charge is 2.30. The molecule has 0 aliphatic heterocycles. The van der Waals surface area contributed by atoms with Crippen molar-refractivity contribution in [3.05, 3.63) is 35.4 Å². The van der Waals surface area contributed by atoms with E-state index in [1.165, 1.54) is 12.1 Å². The van der Waals surface area contributed by atoms with Gasteiger partial charge in [0.2, 0.25) is 0 Å². The van der Waals surface area contributed by atoms with Gasteiger partial charge in [-0.15, -0.1) is 0 Å². The topological polar surface area (TPSA) is 29.3 Å². The summed E-state index contributed by atoms with van der Waals surface area (Å²) >= 11 is 0. The zero-order valence-electron chi connectivity index (χ0n) is 10.7. The molecule has 0 fully saturated rings. The molecule has 0 heterocycles. The molecule has 0 aromatic heterocycles. The van der Waals surface area contributed by atoms with Gasteiger partial charge in [-0.3, -0.25) is 4.90 Å². The van der Waals surface area contributed by atoms with Crippen LogP contribution < -0.4 is 5.73 Å². The predicted molar refractivity (Wildman–Crippen MR) is 66.2 cm³/mol. The second-order valence-electron chi connectivity index (χ2n) is 4.35. The average molecular weight is 260 g/mol. The lowest BCUT2D eigenvalue weighted by Crippen LogP contribution is -2.31. The van der Waals surface area contributed by atoms with Crippen LogP contribution in [0.1, 0.15) is 30.5 Å². The normalized spacial score (nSPS) is 13.9. The third-order valence-electron chi connectivity index (χ3n) is 2.95. The van der Waals surface area contributed by atoms with E-state index >= 15 is 0 Å². The number of alkyl halides is 3. The Morgan fingerprint density at radius 2 is 1.78 bits per heavy atom. The van der Waals surface area contributed by atoms with E-state index in [1.54, 1.807) is 0 Å². The van der Waals surface area contributed by atoms with Crippen molar-refractivity contribution in [1.82, 2.24) is 4.90 Å². The Bertz CT molecular complexity index is 359. The number of likely N-dealkylation sites (N-methyl/N-ethyl adjacent to an activating group) is 1. The zero-order chi connectivity index (χ0) is 13.8. The van der Waals surface area contributed by atoms with Crippen LogP contribution >= 0.6 is 0 Å². The summed E-state index contributed by atoms with van der Waals surface area (Å²) in [6.07, 6.45) is -3.31. The number of halogens is 3. The van der Waals surface area contributed by atoms with Crippen LogP contribution in [0.2, 0.25) is 0 Å². The first-order valence-corrected chi connectivity index (χ1v) is 5.97. The first kappa shape index (κ1) is 15.0. The quantitative estimate of drug-likeness (QED) is 0.881. The summed E-state index contributed by atoms with van der Waals surface area (Å²) in [6.45, 7) is 3.31. The van der Waals surface area contributed by atoms with Gasteiger partial charge in [0.25, 0.3) is 0 Å². The smallest absolute Gasteiger partial charge is 0.329 e. The van der Waals surface area contributed by atoms with Crippen molar-refractivity contribution in [2.75, 3.05) is 20.1 Å². The molecule has 1 atom stereocenters. The Hall–Kier alpha value is -1.07. The van der Waals surface area contributed by atoms with Gasteiger partial charge in [0.1, 0.15) is 0 Å². The minimum atomic E-state index is -4.29. The lowest BCUT2D eigenvalue weighted by Gasteiger charge is -2.27. The highest BCUT2D eigenvalue weighted by atomic mass is 19.4. The third-order valence-corrected chi connectivity index (χ3v) is 2.95. The van der Waals surface area contributed by atoms with Crippen LogP contribution in [0.4, 0.5) is 13.2 Å². The standard InChI is InChI=1S/C13H19F3N2/c1-3-8-18(2)12(9-17)10-4-6-11(7-5-10)13(14,15)16/h4-7,12H,3,8-9,17H2,1-2H3. The molecule has 0 radical (unpaired) electrons. The molecule has 2 nitrogen and oxygen atoms in total. The highest BCUT2D eigenvalue weighted by Crippen LogP contribution is 2.30. The Morgan fingerprint density at radius 1 is 1.22 bits per heavy atom. The van der Waals surface area contributed by atoms with E-state index < -0.39 is 11.7 Å². The number of hydrogen-bond donors (Lipinski definition) is 1. The lowest BCUT2D eigenvalue weighted by atomic mass is 10.0. The van der Waals surface area contributed by atoms with Gasteiger partial charge in [-0.1, -0.05) is 19.1 Å². The summed E-state index contributed by atoms with van der Waals surface area (Å²) in [5, 5.41) is 0. The highest BCUT2D eigenvalue weighted by molar-refractivity contribution is 5.27. The lowest BCUT2D eigenvalue weighted by molar-refractivity contribution is -0.137. The van der Waals surface area contributed by atoms with Gasteiger partial charge < -0.3 is 5.73 Å². The van der Waals surface area contributed by atoms with E-state index in [-0.39, 0.29) is 6.04 Å². The molecule has 0 aliphatic rings. The summed E-state index contributed by atoms with van der Waals surface area (Å²) in [7, 11) is 1.93. The molecule has 1 unspecified atom stereocenters. The van der Waals surface area contributed by atoms with Crippen LogP contribution in [0.3, 0.4) is 0 Å². The summed E-state index contributed by atoms with van der Waals surface area (Å²) < 4.78 is 37.3. The molecule has 18 heavy (non-hydrogen) atoms. The number of nitrogens with two attached hydrogens (primary N) is 1. The molecule has 0 saturated carbocycles. The summed E-state index contributed by atoms with van der Waals surface area (Å²) in [5.41, 5.74) is 5.89. The molecular weight excluding hydrogens is 241 g/mol. The maximum absolute atomic E-state index is 12.4. The van der Waals surface area contributed by atoms with E-state index in [2.05, 4.69) is 11.8 Å². The monoisotopic (exact) mass is 260 g/mol. The summed E-state index contributed by atoms with van der Waals surface area (Å²) in [4.78, 5) is 2.06. The van der Waals surface area contributed by atoms with Gasteiger partial charge in [-0.25, -0.2) is 0 Å². The van der Waals surface area contributed by atoms with Gasteiger partial charge in [0.05, 0.1) is 5.56 Å². The van der Waals surface area contributed by atoms with E-state index in [0.717, 1.165) is 30.7 Å². The van der Waals surface area contributed by atoms with Crippen molar-refractivity contribution in [1.29, 1.82) is 0 Å². The fraction of sp³-hybridized carbons (Fsp3) is 0.538. The van der Waals surface area contributed by atoms with E-state index in [1.807, 2.05) is 7.05 Å². The van der Waals surface area contributed by atoms with E-state index in [9.17, 15) is 13.2 Å². The molecule has 1 rings (SSSR count). The van der Waals surface area contributed by atoms with E-state index in [4.69, 9.17) is 5.73 Å². The molecule has 0 amide bonds. The minimum Gasteiger partial charge on any atom is -0.329 e. The van der Waals surface area contributed by atoms with Crippen LogP contribution in [0.5, 0.6) is 0 Å². The van der Waals surface area contributed by atoms with Crippen LogP contribution in [-0.2, 0) is 6.18 Å². The van der Waals surface area contributed by atoms with Crippen molar-refractivity contribution in [2.45, 2.75) is 25.6 Å². The van der Waals surface area contributed by atoms with Crippen LogP contribution in [0.15, 0.2) is 24.3 Å². The number of nitrogens with zero attached hydrogens (tertiary/aromatic N) is 1. The molecule has 0 saturated heterocycles. The zero-order valence-corrected chi connectivity index (χ0v) is 10.7. The molecular formula is C13H19F3N2. The van der Waals surface area contributed by atoms with Crippen molar-refractivity contribution in [3.8, 4) is 0 Å². The second-order valence-corrected chi connectivity index (χ2v) is 4.35. The molecule has 5 heteroatoms. The fourth-order valence-electron chi connectivity index (χ4n) is 1.97. The molecule has 0 spiro atoms. The van der Waals surface area contributed by atoms with Crippen molar-refractivity contribution >= 4 is 0 Å². The average Bonchev–Trinajstić information content (AvgIpc) is 2.30. The predicted octanol–water partition coefficient (Wildman–Crippen LogP) is 3.05. The molecule has 0 bridgehead atoms. The molecule has 1 aromatic rings. The van der Waals surface area contributed by atoms with Gasteiger partial charge >= 0.3 is 6.18 Å². The van der Waals surface area contributed by atoms with E-state index in [0.29, 0.717) is 6.54 Å². The second kappa shape index (κ2) is 6.20. The van der Waals surface area contributed by atoms with Gasteiger partial charge in [-0.05, 0) is 37.7 Å². The third kappa shape index (κ3) is 3.71. The van der Waals surface area contributed by atoms with Crippen LogP contribution in [0, 0.1) is 0 Å². The molecule has 1 aromatic carbocycles. The van der Waals surface area contributed by atoms with Gasteiger partial charge in [0.15, 0.2) is 0 Å². The Labute approximate surface area is 106 Å². The SMILES string of the molecule is CCCN(C)C(CN)c1ccc(C(F)(F)F)cc1. The number of benzene rings is 1. The molecule has 0 aliphatic carbocycles. The largest absolute Gasteiger partial charge is 0.416 e. The number of rotatable bonds is 5. The first-order chi connectivity index (χ1) is 8.40. The Balaban J connectivity index is 2.88. The Morgan fingerprint density at radius 3 is 2.17 bits per heavy atom.